The largest absolute Gasteiger partial charge is 0.374 e. The van der Waals surface area contributed by atoms with Gasteiger partial charge in [0.15, 0.2) is 0 Å². The topological polar surface area (TPSA) is 42.2 Å². The summed E-state index contributed by atoms with van der Waals surface area (Å²) in [5, 5.41) is 1.09. The molecule has 4 heteroatoms. The lowest BCUT2D eigenvalue weighted by Crippen LogP contribution is -2.24. The van der Waals surface area contributed by atoms with Crippen LogP contribution >= 0.6 is 11.3 Å². The monoisotopic (exact) mass is 287 g/mol. The summed E-state index contributed by atoms with van der Waals surface area (Å²) in [6.45, 7) is 5.22. The Hall–Kier alpha value is -1.39. The molecule has 0 saturated carbocycles. The van der Waals surface area contributed by atoms with Gasteiger partial charge in [-0.15, -0.1) is 11.3 Å². The Kier molecular flexibility index (Phi) is 3.52. The Balaban J connectivity index is 2.01. The van der Waals surface area contributed by atoms with Crippen molar-refractivity contribution >= 4 is 17.0 Å². The van der Waals surface area contributed by atoms with Crippen LogP contribution in [0, 0.1) is 6.92 Å². The summed E-state index contributed by atoms with van der Waals surface area (Å²) in [5.41, 5.74) is 11.1. The van der Waals surface area contributed by atoms with Crippen LogP contribution in [-0.2, 0) is 6.42 Å². The molecule has 2 N–H and O–H groups in total. The number of nitrogens with zero attached hydrogens (tertiary/aromatic N) is 2. The van der Waals surface area contributed by atoms with E-state index in [-0.39, 0.29) is 6.04 Å². The lowest BCUT2D eigenvalue weighted by molar-refractivity contribution is 0.745. The molecule has 0 aliphatic carbocycles. The van der Waals surface area contributed by atoms with Gasteiger partial charge in [-0.3, -0.25) is 0 Å². The average Bonchev–Trinajstić information content (AvgIpc) is 2.81. The van der Waals surface area contributed by atoms with Crippen molar-refractivity contribution in [3.63, 3.8) is 0 Å². The van der Waals surface area contributed by atoms with Crippen molar-refractivity contribution in [3.8, 4) is 10.6 Å². The minimum atomic E-state index is 0.0602. The Morgan fingerprint density at radius 1 is 1.40 bits per heavy atom. The molecule has 1 aliphatic rings. The fourth-order valence-corrected chi connectivity index (χ4v) is 3.89. The zero-order valence-corrected chi connectivity index (χ0v) is 13.1. The highest BCUT2D eigenvalue weighted by molar-refractivity contribution is 7.15. The molecule has 1 aromatic carbocycles. The minimum Gasteiger partial charge on any atom is -0.374 e. The Morgan fingerprint density at radius 3 is 2.90 bits per heavy atom. The van der Waals surface area contributed by atoms with Crippen molar-refractivity contribution in [2.75, 3.05) is 18.5 Å². The van der Waals surface area contributed by atoms with Gasteiger partial charge in [0.25, 0.3) is 0 Å². The second-order valence-electron chi connectivity index (χ2n) is 5.63. The summed E-state index contributed by atoms with van der Waals surface area (Å²) in [6.07, 6.45) is 2.40. The predicted octanol–water partition coefficient (Wildman–Crippen LogP) is 3.52. The van der Waals surface area contributed by atoms with Crippen LogP contribution in [-0.4, -0.2) is 18.6 Å². The highest BCUT2D eigenvalue weighted by Gasteiger charge is 2.17. The van der Waals surface area contributed by atoms with Crippen molar-refractivity contribution in [2.24, 2.45) is 5.73 Å². The van der Waals surface area contributed by atoms with Crippen LogP contribution in [0.15, 0.2) is 18.2 Å². The van der Waals surface area contributed by atoms with Gasteiger partial charge in [0, 0.05) is 35.8 Å². The molecule has 20 heavy (non-hydrogen) atoms. The Bertz CT molecular complexity index is 631. The number of aromatic nitrogens is 1. The maximum atomic E-state index is 6.00. The number of nitrogens with two attached hydrogens (primary N) is 1. The van der Waals surface area contributed by atoms with Gasteiger partial charge in [0.1, 0.15) is 5.01 Å². The molecule has 0 radical (unpaired) electrons. The zero-order valence-electron chi connectivity index (χ0n) is 12.3. The van der Waals surface area contributed by atoms with Crippen molar-refractivity contribution in [1.82, 2.24) is 4.98 Å². The third-order valence-corrected chi connectivity index (χ3v) is 5.33. The highest BCUT2D eigenvalue weighted by Crippen LogP contribution is 2.34. The standard InChI is InChI=1S/C16H21N3S/c1-10(17)15-11(2)18-16(20-15)13-6-7-14-12(9-13)5-4-8-19(14)3/h6-7,9-10H,4-5,8,17H2,1-3H3. The fourth-order valence-electron chi connectivity index (χ4n) is 2.87. The van der Waals surface area contributed by atoms with E-state index in [9.17, 15) is 0 Å². The minimum absolute atomic E-state index is 0.0602. The van der Waals surface area contributed by atoms with E-state index in [1.54, 1.807) is 11.3 Å². The number of hydrogen-bond acceptors (Lipinski definition) is 4. The van der Waals surface area contributed by atoms with Gasteiger partial charge in [-0.1, -0.05) is 0 Å². The van der Waals surface area contributed by atoms with Crippen LogP contribution in [0.5, 0.6) is 0 Å². The van der Waals surface area contributed by atoms with Crippen molar-refractivity contribution < 1.29 is 0 Å². The molecule has 3 rings (SSSR count). The van der Waals surface area contributed by atoms with Crippen LogP contribution in [0.1, 0.15) is 35.5 Å². The lowest BCUT2D eigenvalue weighted by Gasteiger charge is -2.27. The summed E-state index contributed by atoms with van der Waals surface area (Å²) >= 11 is 1.72. The zero-order chi connectivity index (χ0) is 14.3. The molecule has 2 aromatic rings. The van der Waals surface area contributed by atoms with Gasteiger partial charge in [-0.2, -0.15) is 0 Å². The van der Waals surface area contributed by atoms with E-state index in [0.717, 1.165) is 23.7 Å². The first-order valence-electron chi connectivity index (χ1n) is 7.13. The van der Waals surface area contributed by atoms with Crippen LogP contribution < -0.4 is 10.6 Å². The van der Waals surface area contributed by atoms with Crippen molar-refractivity contribution in [1.29, 1.82) is 0 Å². The maximum Gasteiger partial charge on any atom is 0.123 e. The summed E-state index contributed by atoms with van der Waals surface area (Å²) in [4.78, 5) is 8.22. The van der Waals surface area contributed by atoms with Gasteiger partial charge < -0.3 is 10.6 Å². The van der Waals surface area contributed by atoms with Gasteiger partial charge >= 0.3 is 0 Å². The SMILES string of the molecule is Cc1nc(-c2ccc3c(c2)CCCN3C)sc1C(C)N. The quantitative estimate of drug-likeness (QED) is 0.919. The number of anilines is 1. The van der Waals surface area contributed by atoms with Crippen LogP contribution in [0.25, 0.3) is 10.6 Å². The normalized spacial score (nSPS) is 16.1. The van der Waals surface area contributed by atoms with Crippen molar-refractivity contribution in [2.45, 2.75) is 32.7 Å². The number of benzene rings is 1. The predicted molar refractivity (Wildman–Crippen MR) is 86.5 cm³/mol. The van der Waals surface area contributed by atoms with E-state index in [1.165, 1.54) is 28.1 Å². The van der Waals surface area contributed by atoms with E-state index in [2.05, 4.69) is 30.1 Å². The molecule has 106 valence electrons. The van der Waals surface area contributed by atoms with E-state index in [1.807, 2.05) is 13.8 Å². The van der Waals surface area contributed by atoms with Crippen LogP contribution in [0.4, 0.5) is 5.69 Å². The van der Waals surface area contributed by atoms with E-state index >= 15 is 0 Å². The molecule has 0 bridgehead atoms. The molecule has 0 fully saturated rings. The first-order chi connectivity index (χ1) is 9.56. The van der Waals surface area contributed by atoms with E-state index < -0.39 is 0 Å². The molecule has 1 aromatic heterocycles. The van der Waals surface area contributed by atoms with Gasteiger partial charge in [0.2, 0.25) is 0 Å². The third-order valence-electron chi connectivity index (χ3n) is 3.92. The van der Waals surface area contributed by atoms with Crippen molar-refractivity contribution in [3.05, 3.63) is 34.3 Å². The fraction of sp³-hybridized carbons (Fsp3) is 0.438. The number of thiazole rings is 1. The van der Waals surface area contributed by atoms with E-state index in [0.29, 0.717) is 0 Å². The van der Waals surface area contributed by atoms with Crippen LogP contribution in [0.2, 0.25) is 0 Å². The number of fused-ring (bicyclic) bond motifs is 1. The molecule has 1 unspecified atom stereocenters. The molecule has 0 saturated heterocycles. The Morgan fingerprint density at radius 2 is 2.20 bits per heavy atom. The lowest BCUT2D eigenvalue weighted by atomic mass is 10.00. The molecule has 1 aliphatic heterocycles. The molecule has 0 spiro atoms. The maximum absolute atomic E-state index is 6.00. The molecule has 3 nitrogen and oxygen atoms in total. The third kappa shape index (κ3) is 2.34. The number of aryl methyl sites for hydroxylation is 2. The molecule has 2 heterocycles. The van der Waals surface area contributed by atoms with Gasteiger partial charge in [-0.05, 0) is 50.5 Å². The summed E-state index contributed by atoms with van der Waals surface area (Å²) in [7, 11) is 2.17. The Labute approximate surface area is 124 Å². The molecule has 0 amide bonds. The summed E-state index contributed by atoms with van der Waals surface area (Å²) < 4.78 is 0. The van der Waals surface area contributed by atoms with Crippen LogP contribution in [0.3, 0.4) is 0 Å². The van der Waals surface area contributed by atoms with E-state index in [4.69, 9.17) is 10.7 Å². The van der Waals surface area contributed by atoms with Gasteiger partial charge in [-0.25, -0.2) is 4.98 Å². The smallest absolute Gasteiger partial charge is 0.123 e. The summed E-state index contributed by atoms with van der Waals surface area (Å²) in [6, 6.07) is 6.77. The second-order valence-corrected chi connectivity index (χ2v) is 6.66. The van der Waals surface area contributed by atoms with Gasteiger partial charge in [0.05, 0.1) is 5.69 Å². The molecular weight excluding hydrogens is 266 g/mol. The number of rotatable bonds is 2. The first kappa shape index (κ1) is 13.6. The second kappa shape index (κ2) is 5.19. The number of hydrogen-bond donors (Lipinski definition) is 1. The highest BCUT2D eigenvalue weighted by atomic mass is 32.1. The summed E-state index contributed by atoms with van der Waals surface area (Å²) in [5.74, 6) is 0. The molecule has 1 atom stereocenters. The average molecular weight is 287 g/mol. The molecular formula is C16H21N3S. The first-order valence-corrected chi connectivity index (χ1v) is 7.95.